The van der Waals surface area contributed by atoms with Crippen LogP contribution in [0.15, 0.2) is 72.3 Å². The van der Waals surface area contributed by atoms with Gasteiger partial charge in [0.15, 0.2) is 5.75 Å². The Morgan fingerprint density at radius 1 is 0.968 bits per heavy atom. The molecule has 8 heteroatoms. The Morgan fingerprint density at radius 2 is 1.61 bits per heavy atom. The van der Waals surface area contributed by atoms with Crippen molar-refractivity contribution in [2.75, 3.05) is 5.01 Å². The van der Waals surface area contributed by atoms with Crippen molar-refractivity contribution < 1.29 is 18.7 Å². The number of ether oxygens (including phenoxy) is 1. The number of nitrogens with zero attached hydrogens (tertiary/aromatic N) is 1. The summed E-state index contributed by atoms with van der Waals surface area (Å²) in [6.45, 7) is -0.0561. The molecule has 1 saturated heterocycles. The quantitative estimate of drug-likeness (QED) is 0.425. The summed E-state index contributed by atoms with van der Waals surface area (Å²) in [5, 5.41) is 1.51. The minimum atomic E-state index is -0.541. The molecule has 1 fully saturated rings. The average Bonchev–Trinajstić information content (AvgIpc) is 3.03. The van der Waals surface area contributed by atoms with Crippen molar-refractivity contribution in [3.8, 4) is 5.75 Å². The molecule has 0 aliphatic carbocycles. The van der Waals surface area contributed by atoms with E-state index in [0.29, 0.717) is 16.8 Å². The maximum absolute atomic E-state index is 13.8. The smallest absolute Gasteiger partial charge is 0.282 e. The summed E-state index contributed by atoms with van der Waals surface area (Å²) in [6, 6.07) is 18.0. The third kappa shape index (κ3) is 4.40. The molecule has 4 rings (SSSR count). The minimum absolute atomic E-state index is 0.0561. The predicted molar refractivity (Wildman–Crippen MR) is 117 cm³/mol. The number of rotatable bonds is 5. The van der Waals surface area contributed by atoms with Crippen molar-refractivity contribution in [3.05, 3.63) is 99.3 Å². The molecule has 1 aliphatic heterocycles. The molecule has 2 amide bonds. The van der Waals surface area contributed by atoms with Crippen LogP contribution in [-0.4, -0.2) is 11.8 Å². The van der Waals surface area contributed by atoms with E-state index in [1.165, 1.54) is 29.3 Å². The SMILES string of the molecule is O=C1NN(c2ccccc2)C(=O)/C1=C\c1cc(Cl)c(OCc2ccccc2F)c(Cl)c1. The predicted octanol–water partition coefficient (Wildman–Crippen LogP) is 5.17. The van der Waals surface area contributed by atoms with E-state index in [2.05, 4.69) is 5.43 Å². The molecule has 1 N–H and O–H groups in total. The van der Waals surface area contributed by atoms with Crippen molar-refractivity contribution in [1.29, 1.82) is 0 Å². The van der Waals surface area contributed by atoms with E-state index in [-0.39, 0.29) is 28.0 Å². The fraction of sp³-hybridized carbons (Fsp3) is 0.0435. The summed E-state index contributed by atoms with van der Waals surface area (Å²) in [7, 11) is 0. The van der Waals surface area contributed by atoms with Gasteiger partial charge in [-0.05, 0) is 42.0 Å². The molecular weight excluding hydrogens is 442 g/mol. The lowest BCUT2D eigenvalue weighted by atomic mass is 10.1. The van der Waals surface area contributed by atoms with Crippen LogP contribution in [0.3, 0.4) is 0 Å². The van der Waals surface area contributed by atoms with Crippen LogP contribution >= 0.6 is 23.2 Å². The van der Waals surface area contributed by atoms with E-state index < -0.39 is 17.6 Å². The zero-order valence-electron chi connectivity index (χ0n) is 15.9. The number of hydrazine groups is 1. The van der Waals surface area contributed by atoms with Gasteiger partial charge in [0, 0.05) is 5.56 Å². The monoisotopic (exact) mass is 456 g/mol. The molecule has 3 aromatic carbocycles. The summed E-state index contributed by atoms with van der Waals surface area (Å²) in [5.74, 6) is -1.25. The number of hydrogen-bond donors (Lipinski definition) is 1. The Hall–Kier alpha value is -3.35. The molecule has 31 heavy (non-hydrogen) atoms. The Bertz CT molecular complexity index is 1180. The summed E-state index contributed by atoms with van der Waals surface area (Å²) in [6.07, 6.45) is 1.40. The minimum Gasteiger partial charge on any atom is -0.486 e. The zero-order chi connectivity index (χ0) is 22.0. The summed E-state index contributed by atoms with van der Waals surface area (Å²) in [4.78, 5) is 25.0. The number of para-hydroxylation sites is 1. The lowest BCUT2D eigenvalue weighted by molar-refractivity contribution is -0.117. The highest BCUT2D eigenvalue weighted by Gasteiger charge is 2.34. The van der Waals surface area contributed by atoms with Gasteiger partial charge in [0.05, 0.1) is 15.7 Å². The van der Waals surface area contributed by atoms with Gasteiger partial charge in [-0.3, -0.25) is 15.0 Å². The third-order valence-electron chi connectivity index (χ3n) is 4.57. The largest absolute Gasteiger partial charge is 0.486 e. The van der Waals surface area contributed by atoms with Gasteiger partial charge < -0.3 is 4.74 Å². The summed E-state index contributed by atoms with van der Waals surface area (Å²) < 4.78 is 19.4. The number of halogens is 3. The van der Waals surface area contributed by atoms with Crippen molar-refractivity contribution in [3.63, 3.8) is 0 Å². The molecule has 0 radical (unpaired) electrons. The van der Waals surface area contributed by atoms with E-state index in [4.69, 9.17) is 27.9 Å². The number of carbonyl (C=O) groups excluding carboxylic acids is 2. The van der Waals surface area contributed by atoms with Gasteiger partial charge in [0.25, 0.3) is 11.8 Å². The Morgan fingerprint density at radius 3 is 2.29 bits per heavy atom. The maximum Gasteiger partial charge on any atom is 0.282 e. The molecule has 0 atom stereocenters. The lowest BCUT2D eigenvalue weighted by Crippen LogP contribution is -2.35. The van der Waals surface area contributed by atoms with Crippen LogP contribution in [-0.2, 0) is 16.2 Å². The third-order valence-corrected chi connectivity index (χ3v) is 5.13. The lowest BCUT2D eigenvalue weighted by Gasteiger charge is -2.14. The highest BCUT2D eigenvalue weighted by atomic mass is 35.5. The van der Waals surface area contributed by atoms with E-state index in [1.807, 2.05) is 6.07 Å². The van der Waals surface area contributed by atoms with Gasteiger partial charge in [-0.1, -0.05) is 59.6 Å². The number of amides is 2. The molecular formula is C23H15Cl2FN2O3. The second-order valence-corrected chi connectivity index (χ2v) is 7.48. The second kappa shape index (κ2) is 8.79. The molecule has 0 aromatic heterocycles. The molecule has 3 aromatic rings. The normalized spacial score (nSPS) is 14.8. The standard InChI is InChI=1S/C23H15Cl2FN2O3/c24-18-11-14(12-19(25)21(18)31-13-15-6-4-5-9-20(15)26)10-17-22(29)27-28(23(17)30)16-7-2-1-3-8-16/h1-12H,13H2,(H,27,29)/b17-10-. The number of anilines is 1. The van der Waals surface area contributed by atoms with E-state index in [1.54, 1.807) is 42.5 Å². The van der Waals surface area contributed by atoms with Crippen molar-refractivity contribution in [2.24, 2.45) is 0 Å². The van der Waals surface area contributed by atoms with E-state index in [9.17, 15) is 14.0 Å². The number of benzene rings is 3. The van der Waals surface area contributed by atoms with Gasteiger partial charge in [0.1, 0.15) is 18.0 Å². The van der Waals surface area contributed by atoms with Crippen LogP contribution in [0.1, 0.15) is 11.1 Å². The first-order valence-corrected chi connectivity index (χ1v) is 9.97. The first-order valence-electron chi connectivity index (χ1n) is 9.21. The van der Waals surface area contributed by atoms with Gasteiger partial charge in [-0.2, -0.15) is 0 Å². The van der Waals surface area contributed by atoms with Gasteiger partial charge in [0.2, 0.25) is 0 Å². The Labute approximate surface area is 187 Å². The highest BCUT2D eigenvalue weighted by Crippen LogP contribution is 2.36. The Kier molecular flexibility index (Phi) is 5.93. The van der Waals surface area contributed by atoms with Crippen LogP contribution in [0.2, 0.25) is 10.0 Å². The highest BCUT2D eigenvalue weighted by molar-refractivity contribution is 6.37. The van der Waals surface area contributed by atoms with Gasteiger partial charge in [-0.25, -0.2) is 9.40 Å². The van der Waals surface area contributed by atoms with Crippen molar-refractivity contribution in [1.82, 2.24) is 5.43 Å². The van der Waals surface area contributed by atoms with Crippen LogP contribution in [0.5, 0.6) is 5.75 Å². The fourth-order valence-electron chi connectivity index (χ4n) is 3.05. The topological polar surface area (TPSA) is 58.6 Å². The fourth-order valence-corrected chi connectivity index (χ4v) is 3.66. The zero-order valence-corrected chi connectivity index (χ0v) is 17.5. The average molecular weight is 457 g/mol. The first kappa shape index (κ1) is 20.9. The summed E-state index contributed by atoms with van der Waals surface area (Å²) in [5.41, 5.74) is 3.81. The molecule has 1 heterocycles. The van der Waals surface area contributed by atoms with Gasteiger partial charge >= 0.3 is 0 Å². The van der Waals surface area contributed by atoms with E-state index >= 15 is 0 Å². The van der Waals surface area contributed by atoms with Crippen LogP contribution in [0.25, 0.3) is 6.08 Å². The van der Waals surface area contributed by atoms with E-state index in [0.717, 1.165) is 0 Å². The maximum atomic E-state index is 13.8. The number of hydrogen-bond acceptors (Lipinski definition) is 3. The molecule has 0 spiro atoms. The number of carbonyl (C=O) groups is 2. The molecule has 0 saturated carbocycles. The molecule has 156 valence electrons. The molecule has 0 unspecified atom stereocenters. The van der Waals surface area contributed by atoms with Crippen molar-refractivity contribution in [2.45, 2.75) is 6.61 Å². The number of nitrogens with one attached hydrogen (secondary N) is 1. The molecule has 0 bridgehead atoms. The molecule has 1 aliphatic rings. The summed E-state index contributed by atoms with van der Waals surface area (Å²) >= 11 is 12.6. The van der Waals surface area contributed by atoms with Crippen LogP contribution < -0.4 is 15.2 Å². The Balaban J connectivity index is 1.56. The second-order valence-electron chi connectivity index (χ2n) is 6.67. The van der Waals surface area contributed by atoms with Crippen LogP contribution in [0, 0.1) is 5.82 Å². The van der Waals surface area contributed by atoms with Gasteiger partial charge in [-0.15, -0.1) is 0 Å². The van der Waals surface area contributed by atoms with Crippen molar-refractivity contribution >= 4 is 46.8 Å². The molecule has 5 nitrogen and oxygen atoms in total. The van der Waals surface area contributed by atoms with Crippen LogP contribution in [0.4, 0.5) is 10.1 Å². The first-order chi connectivity index (χ1) is 14.9.